The molecule has 1 N–H and O–H groups in total. The Balaban J connectivity index is 0.00000182. The fraction of sp³-hybridized carbons (Fsp3) is 0.527. The second-order valence-corrected chi connectivity index (χ2v) is 17.9. The Morgan fingerprint density at radius 3 is 1.54 bits per heavy atom. The first-order valence-electron chi connectivity index (χ1n) is 23.6. The molecule has 3 aliphatic rings. The largest absolute Gasteiger partial charge is 0.423 e. The Hall–Kier alpha value is -4.18. The molecule has 4 aromatic rings. The number of unbranched alkanes of at least 4 members (excludes halogenated alkanes) is 8. The van der Waals surface area contributed by atoms with Crippen LogP contribution in [-0.2, 0) is 36.6 Å². The standard InChI is InChI=1S/C53H68O6.CH4O.CH2O/c1-4-52(36-57-37-52)34-55-30-14-10-6-8-12-16-41-18-22-43(23-19-41)45-26-28-47-48-29-27-46(33-50(48)40(3)49(47)32-45)59-51(54)44-24-20-42(21-25-44)17-13-9-7-11-15-31-56-35-53(5-2)38-58-39-53;2*1-2/h18-29,32-33,40H,4-17,30-31,34-39H2,1-3H3;2H,1H3;1H2. The van der Waals surface area contributed by atoms with Crippen molar-refractivity contribution in [1.29, 1.82) is 0 Å². The number of benzene rings is 4. The number of esters is 1. The zero-order valence-corrected chi connectivity index (χ0v) is 38.7. The quantitative estimate of drug-likeness (QED) is 0.0399. The number of hydrogen-bond donors (Lipinski definition) is 1. The van der Waals surface area contributed by atoms with Crippen LogP contribution in [-0.4, -0.2) is 77.8 Å². The first-order valence-corrected chi connectivity index (χ1v) is 23.6. The first kappa shape index (κ1) is 49.8. The Morgan fingerprint density at radius 1 is 0.603 bits per heavy atom. The summed E-state index contributed by atoms with van der Waals surface area (Å²) in [6.45, 7) is 15.6. The van der Waals surface area contributed by atoms with Crippen LogP contribution in [0.15, 0.2) is 84.9 Å². The van der Waals surface area contributed by atoms with E-state index in [1.807, 2.05) is 25.0 Å². The molecule has 0 amide bonds. The van der Waals surface area contributed by atoms with Gasteiger partial charge in [0.1, 0.15) is 12.5 Å². The second-order valence-electron chi connectivity index (χ2n) is 17.9. The highest BCUT2D eigenvalue weighted by Crippen LogP contribution is 2.47. The van der Waals surface area contributed by atoms with Gasteiger partial charge >= 0.3 is 5.97 Å². The Morgan fingerprint density at radius 2 is 1.05 bits per heavy atom. The number of aliphatic hydroxyl groups excluding tert-OH is 1. The molecule has 0 saturated carbocycles. The number of aryl methyl sites for hydroxylation is 2. The van der Waals surface area contributed by atoms with Crippen LogP contribution < -0.4 is 4.74 Å². The molecule has 4 aromatic carbocycles. The summed E-state index contributed by atoms with van der Waals surface area (Å²) in [5.74, 6) is 0.487. The number of hydrogen-bond acceptors (Lipinski definition) is 8. The summed E-state index contributed by atoms with van der Waals surface area (Å²) in [6.07, 6.45) is 16.5. The van der Waals surface area contributed by atoms with E-state index in [1.54, 1.807) is 0 Å². The molecular formula is C55H74O8. The fourth-order valence-corrected chi connectivity index (χ4v) is 8.82. The lowest BCUT2D eigenvalue weighted by Gasteiger charge is -2.40. The Bertz CT molecular complexity index is 1940. The van der Waals surface area contributed by atoms with Crippen molar-refractivity contribution in [1.82, 2.24) is 0 Å². The SMILES string of the molecule is C=O.CCC1(COCCCCCCCc2ccc(C(=O)Oc3ccc4c(c3)C(C)c3cc(-c5ccc(CCCCCCCOCC6(CC)COC6)cc5)ccc3-4)cc2)COC1.CO. The lowest BCUT2D eigenvalue weighted by molar-refractivity contribution is -0.150. The maximum atomic E-state index is 13.2. The van der Waals surface area contributed by atoms with E-state index >= 15 is 0 Å². The number of carbonyl (C=O) groups excluding carboxylic acids is 2. The molecule has 63 heavy (non-hydrogen) atoms. The monoisotopic (exact) mass is 863 g/mol. The topological polar surface area (TPSA) is 101 Å². The highest BCUT2D eigenvalue weighted by atomic mass is 16.5. The third-order valence-corrected chi connectivity index (χ3v) is 13.4. The van der Waals surface area contributed by atoms with E-state index in [0.29, 0.717) is 16.7 Å². The van der Waals surface area contributed by atoms with Crippen LogP contribution >= 0.6 is 0 Å². The van der Waals surface area contributed by atoms with Crippen LogP contribution in [0.1, 0.15) is 136 Å². The summed E-state index contributed by atoms with van der Waals surface area (Å²) >= 11 is 0. The normalized spacial score (nSPS) is 16.2. The molecule has 1 unspecified atom stereocenters. The van der Waals surface area contributed by atoms with Gasteiger partial charge in [-0.25, -0.2) is 4.79 Å². The van der Waals surface area contributed by atoms with Crippen molar-refractivity contribution in [3.8, 4) is 28.0 Å². The fourth-order valence-electron chi connectivity index (χ4n) is 8.82. The van der Waals surface area contributed by atoms with Crippen molar-refractivity contribution in [2.75, 3.05) is 60.0 Å². The van der Waals surface area contributed by atoms with Crippen LogP contribution in [0, 0.1) is 10.8 Å². The number of carbonyl (C=O) groups is 2. The molecule has 0 bridgehead atoms. The molecule has 342 valence electrons. The van der Waals surface area contributed by atoms with Gasteiger partial charge in [-0.2, -0.15) is 0 Å². The minimum absolute atomic E-state index is 0.211. The van der Waals surface area contributed by atoms with Gasteiger partial charge in [-0.05, 0) is 126 Å². The van der Waals surface area contributed by atoms with E-state index < -0.39 is 0 Å². The summed E-state index contributed by atoms with van der Waals surface area (Å²) in [5.41, 5.74) is 11.3. The van der Waals surface area contributed by atoms with Gasteiger partial charge in [0.2, 0.25) is 0 Å². The van der Waals surface area contributed by atoms with Crippen molar-refractivity contribution < 1.29 is 38.4 Å². The maximum Gasteiger partial charge on any atom is 0.343 e. The third kappa shape index (κ3) is 13.9. The smallest absolute Gasteiger partial charge is 0.343 e. The summed E-state index contributed by atoms with van der Waals surface area (Å²) < 4.78 is 28.6. The summed E-state index contributed by atoms with van der Waals surface area (Å²) in [4.78, 5) is 21.2. The summed E-state index contributed by atoms with van der Waals surface area (Å²) in [5, 5.41) is 7.00. The molecule has 1 atom stereocenters. The van der Waals surface area contributed by atoms with Crippen molar-refractivity contribution in [3.05, 3.63) is 113 Å². The molecule has 2 aliphatic heterocycles. The van der Waals surface area contributed by atoms with E-state index in [2.05, 4.69) is 87.5 Å². The van der Waals surface area contributed by atoms with Crippen molar-refractivity contribution in [3.63, 3.8) is 0 Å². The number of rotatable bonds is 25. The molecule has 2 heterocycles. The lowest BCUT2D eigenvalue weighted by atomic mass is 9.84. The maximum absolute atomic E-state index is 13.2. The van der Waals surface area contributed by atoms with Crippen molar-refractivity contribution in [2.24, 2.45) is 10.8 Å². The summed E-state index contributed by atoms with van der Waals surface area (Å²) in [6, 6.07) is 30.0. The molecule has 8 nitrogen and oxygen atoms in total. The highest BCUT2D eigenvalue weighted by Gasteiger charge is 2.37. The molecule has 1 aliphatic carbocycles. The number of ether oxygens (including phenoxy) is 5. The molecule has 2 saturated heterocycles. The molecule has 7 rings (SSSR count). The van der Waals surface area contributed by atoms with Crippen LogP contribution in [0.2, 0.25) is 0 Å². The van der Waals surface area contributed by atoms with Crippen molar-refractivity contribution >= 4 is 12.8 Å². The Kier molecular flexibility index (Phi) is 20.5. The van der Waals surface area contributed by atoms with E-state index in [1.165, 1.54) is 89.5 Å². The minimum atomic E-state index is -0.316. The summed E-state index contributed by atoms with van der Waals surface area (Å²) in [7, 11) is 1.00. The van der Waals surface area contributed by atoms with Crippen LogP contribution in [0.3, 0.4) is 0 Å². The van der Waals surface area contributed by atoms with E-state index in [4.69, 9.17) is 33.6 Å². The molecular weight excluding hydrogens is 789 g/mol. The van der Waals surface area contributed by atoms with Gasteiger partial charge in [-0.1, -0.05) is 114 Å². The van der Waals surface area contributed by atoms with Gasteiger partial charge in [0.25, 0.3) is 0 Å². The van der Waals surface area contributed by atoms with Gasteiger partial charge < -0.3 is 33.6 Å². The minimum Gasteiger partial charge on any atom is -0.423 e. The zero-order valence-electron chi connectivity index (χ0n) is 38.7. The zero-order chi connectivity index (χ0) is 44.9. The predicted octanol–water partition coefficient (Wildman–Crippen LogP) is 12.0. The van der Waals surface area contributed by atoms with Crippen molar-refractivity contribution in [2.45, 2.75) is 117 Å². The molecule has 0 spiro atoms. The molecule has 0 aromatic heterocycles. The second kappa shape index (κ2) is 25.9. The predicted molar refractivity (Wildman–Crippen MR) is 254 cm³/mol. The van der Waals surface area contributed by atoms with E-state index in [9.17, 15) is 4.79 Å². The van der Waals surface area contributed by atoms with Gasteiger partial charge in [-0.15, -0.1) is 0 Å². The third-order valence-electron chi connectivity index (χ3n) is 13.4. The van der Waals surface area contributed by atoms with Gasteiger partial charge in [0.05, 0.1) is 45.2 Å². The molecule has 0 radical (unpaired) electrons. The highest BCUT2D eigenvalue weighted by molar-refractivity contribution is 5.91. The number of fused-ring (bicyclic) bond motifs is 3. The molecule has 2 fully saturated rings. The average Bonchev–Trinajstić information content (AvgIpc) is 3.58. The first-order chi connectivity index (χ1) is 30.9. The van der Waals surface area contributed by atoms with E-state index in [0.717, 1.165) is 105 Å². The lowest BCUT2D eigenvalue weighted by Crippen LogP contribution is -2.45. The van der Waals surface area contributed by atoms with E-state index in [-0.39, 0.29) is 17.3 Å². The van der Waals surface area contributed by atoms with Crippen LogP contribution in [0.25, 0.3) is 22.3 Å². The van der Waals surface area contributed by atoms with Gasteiger partial charge in [-0.3, -0.25) is 0 Å². The van der Waals surface area contributed by atoms with Crippen LogP contribution in [0.5, 0.6) is 5.75 Å². The van der Waals surface area contributed by atoms with Gasteiger partial charge in [0.15, 0.2) is 0 Å². The Labute approximate surface area is 378 Å². The average molecular weight is 863 g/mol. The van der Waals surface area contributed by atoms with Crippen LogP contribution in [0.4, 0.5) is 0 Å². The number of aliphatic hydroxyl groups is 1. The molecule has 8 heteroatoms. The van der Waals surface area contributed by atoms with Gasteiger partial charge in [0, 0.05) is 37.1 Å².